The van der Waals surface area contributed by atoms with Gasteiger partial charge in [0.2, 0.25) is 5.91 Å². The van der Waals surface area contributed by atoms with Gasteiger partial charge >= 0.3 is 0 Å². The summed E-state index contributed by atoms with van der Waals surface area (Å²) >= 11 is 0. The van der Waals surface area contributed by atoms with Gasteiger partial charge in [0.25, 0.3) is 0 Å². The summed E-state index contributed by atoms with van der Waals surface area (Å²) < 4.78 is 5.38. The second-order valence-electron chi connectivity index (χ2n) is 5.50. The van der Waals surface area contributed by atoms with Gasteiger partial charge in [-0.2, -0.15) is 0 Å². The van der Waals surface area contributed by atoms with Crippen LogP contribution in [0.15, 0.2) is 0 Å². The number of likely N-dealkylation sites (N-methyl/N-ethyl adjacent to an activating group) is 1. The van der Waals surface area contributed by atoms with Crippen molar-refractivity contribution in [1.82, 2.24) is 14.7 Å². The highest BCUT2D eigenvalue weighted by atomic mass is 16.5. The quantitative estimate of drug-likeness (QED) is 0.749. The van der Waals surface area contributed by atoms with Gasteiger partial charge in [-0.25, -0.2) is 0 Å². The van der Waals surface area contributed by atoms with Crippen LogP contribution in [0.2, 0.25) is 0 Å². The molecule has 0 unspecified atom stereocenters. The number of morpholine rings is 1. The molecule has 0 N–H and O–H groups in total. The molecule has 0 atom stereocenters. The zero-order chi connectivity index (χ0) is 13.0. The molecule has 2 rings (SSSR count). The number of rotatable bonds is 3. The van der Waals surface area contributed by atoms with Crippen LogP contribution in [0.3, 0.4) is 0 Å². The Bertz CT molecular complexity index is 270. The van der Waals surface area contributed by atoms with Crippen molar-refractivity contribution < 1.29 is 9.53 Å². The van der Waals surface area contributed by atoms with Crippen LogP contribution in [0.4, 0.5) is 0 Å². The van der Waals surface area contributed by atoms with Crippen molar-refractivity contribution >= 4 is 5.91 Å². The van der Waals surface area contributed by atoms with Gasteiger partial charge in [0.1, 0.15) is 0 Å². The molecule has 2 saturated heterocycles. The van der Waals surface area contributed by atoms with Gasteiger partial charge in [0.15, 0.2) is 0 Å². The molecule has 2 fully saturated rings. The van der Waals surface area contributed by atoms with Crippen LogP contribution in [-0.2, 0) is 9.53 Å². The van der Waals surface area contributed by atoms with Crippen LogP contribution in [0.5, 0.6) is 0 Å². The molecule has 0 aliphatic carbocycles. The van der Waals surface area contributed by atoms with E-state index in [4.69, 9.17) is 4.74 Å². The summed E-state index contributed by atoms with van der Waals surface area (Å²) in [6, 6.07) is 0.650. The summed E-state index contributed by atoms with van der Waals surface area (Å²) in [4.78, 5) is 18.4. The van der Waals surface area contributed by atoms with E-state index in [1.54, 1.807) is 0 Å². The average Bonchev–Trinajstić information content (AvgIpc) is 2.39. The van der Waals surface area contributed by atoms with Gasteiger partial charge < -0.3 is 14.5 Å². The number of carbonyl (C=O) groups is 1. The van der Waals surface area contributed by atoms with E-state index in [0.717, 1.165) is 52.2 Å². The van der Waals surface area contributed by atoms with Gasteiger partial charge in [-0.05, 0) is 26.9 Å². The van der Waals surface area contributed by atoms with Crippen LogP contribution in [-0.4, -0.2) is 86.7 Å². The fourth-order valence-electron chi connectivity index (χ4n) is 2.79. The first-order valence-corrected chi connectivity index (χ1v) is 6.91. The largest absolute Gasteiger partial charge is 0.379 e. The summed E-state index contributed by atoms with van der Waals surface area (Å²) in [5.74, 6) is 0.264. The van der Waals surface area contributed by atoms with Crippen LogP contribution < -0.4 is 0 Å². The first kappa shape index (κ1) is 16.4. The highest BCUT2D eigenvalue weighted by molar-refractivity contribution is 5.78. The van der Waals surface area contributed by atoms with E-state index in [9.17, 15) is 4.79 Å². The lowest BCUT2D eigenvalue weighted by Gasteiger charge is -2.40. The minimum atomic E-state index is 0. The van der Waals surface area contributed by atoms with Crippen LogP contribution >= 0.6 is 0 Å². The maximum atomic E-state index is 11.9. The molecule has 0 aromatic carbocycles. The summed E-state index contributed by atoms with van der Waals surface area (Å²) in [5, 5.41) is 0. The average molecular weight is 271 g/mol. The highest BCUT2D eigenvalue weighted by Gasteiger charge is 2.27. The monoisotopic (exact) mass is 271 g/mol. The zero-order valence-electron chi connectivity index (χ0n) is 11.6. The van der Waals surface area contributed by atoms with Gasteiger partial charge in [0, 0.05) is 32.2 Å². The predicted octanol–water partition coefficient (Wildman–Crippen LogP) is 0.507. The lowest BCUT2D eigenvalue weighted by Crippen LogP contribution is -2.51. The van der Waals surface area contributed by atoms with Gasteiger partial charge in [-0.1, -0.05) is 7.43 Å². The molecule has 5 heteroatoms. The first-order valence-electron chi connectivity index (χ1n) is 6.91. The number of piperidine rings is 1. The molecule has 0 aromatic rings. The number of nitrogens with zero attached hydrogens (tertiary/aromatic N) is 3. The third-order valence-corrected chi connectivity index (χ3v) is 3.83. The summed E-state index contributed by atoms with van der Waals surface area (Å²) in [6.45, 7) is 6.18. The Hall–Kier alpha value is -0.650. The van der Waals surface area contributed by atoms with Crippen LogP contribution in [0, 0.1) is 0 Å². The number of hydrogen-bond donors (Lipinski definition) is 0. The lowest BCUT2D eigenvalue weighted by molar-refractivity contribution is -0.133. The zero-order valence-corrected chi connectivity index (χ0v) is 11.6. The summed E-state index contributed by atoms with van der Waals surface area (Å²) in [5.41, 5.74) is 0. The van der Waals surface area contributed by atoms with Gasteiger partial charge in [-0.3, -0.25) is 9.69 Å². The Balaban J connectivity index is 0.00000180. The maximum absolute atomic E-state index is 11.9. The van der Waals surface area contributed by atoms with Crippen LogP contribution in [0.25, 0.3) is 0 Å². The normalized spacial score (nSPS) is 22.4. The molecule has 0 bridgehead atoms. The number of ether oxygens (including phenoxy) is 1. The van der Waals surface area contributed by atoms with E-state index in [1.165, 1.54) is 0 Å². The molecular weight excluding hydrogens is 242 g/mol. The Labute approximate surface area is 117 Å². The summed E-state index contributed by atoms with van der Waals surface area (Å²) in [6.07, 6.45) is 2.22. The van der Waals surface area contributed by atoms with Crippen molar-refractivity contribution in [3.63, 3.8) is 0 Å². The van der Waals surface area contributed by atoms with Crippen molar-refractivity contribution in [2.45, 2.75) is 26.3 Å². The van der Waals surface area contributed by atoms with Gasteiger partial charge in [-0.15, -0.1) is 0 Å². The predicted molar refractivity (Wildman–Crippen MR) is 77.3 cm³/mol. The number of amides is 1. The second kappa shape index (κ2) is 7.82. The fraction of sp³-hybridized carbons (Fsp3) is 0.929. The maximum Gasteiger partial charge on any atom is 0.236 e. The Morgan fingerprint density at radius 1 is 1.16 bits per heavy atom. The number of likely N-dealkylation sites (tertiary alicyclic amines) is 1. The van der Waals surface area contributed by atoms with Crippen molar-refractivity contribution in [3.05, 3.63) is 0 Å². The van der Waals surface area contributed by atoms with E-state index in [0.29, 0.717) is 12.6 Å². The number of carbonyl (C=O) groups excluding carboxylic acids is 1. The third-order valence-electron chi connectivity index (χ3n) is 3.83. The van der Waals surface area contributed by atoms with Crippen molar-refractivity contribution in [3.8, 4) is 0 Å². The molecule has 0 radical (unpaired) electrons. The van der Waals surface area contributed by atoms with Crippen molar-refractivity contribution in [2.24, 2.45) is 0 Å². The van der Waals surface area contributed by atoms with Crippen molar-refractivity contribution in [2.75, 3.05) is 60.0 Å². The van der Waals surface area contributed by atoms with E-state index >= 15 is 0 Å². The molecule has 19 heavy (non-hydrogen) atoms. The molecule has 5 nitrogen and oxygen atoms in total. The topological polar surface area (TPSA) is 36.0 Å². The molecule has 112 valence electrons. The lowest BCUT2D eigenvalue weighted by atomic mass is 10.0. The SMILES string of the molecule is C.CN(C)CC(=O)N1CCC(N2CCOCC2)CC1. The van der Waals surface area contributed by atoms with E-state index in [2.05, 4.69) is 4.90 Å². The fourth-order valence-corrected chi connectivity index (χ4v) is 2.79. The van der Waals surface area contributed by atoms with Gasteiger partial charge in [0.05, 0.1) is 19.8 Å². The molecule has 1 amide bonds. The summed E-state index contributed by atoms with van der Waals surface area (Å²) in [7, 11) is 3.89. The molecular formula is C14H29N3O2. The Morgan fingerprint density at radius 2 is 1.74 bits per heavy atom. The molecule has 2 heterocycles. The van der Waals surface area contributed by atoms with E-state index < -0.39 is 0 Å². The van der Waals surface area contributed by atoms with E-state index in [-0.39, 0.29) is 13.3 Å². The Kier molecular flexibility index (Phi) is 6.75. The van der Waals surface area contributed by atoms with Crippen molar-refractivity contribution in [1.29, 1.82) is 0 Å². The molecule has 0 aromatic heterocycles. The smallest absolute Gasteiger partial charge is 0.236 e. The Morgan fingerprint density at radius 3 is 2.26 bits per heavy atom. The second-order valence-corrected chi connectivity index (χ2v) is 5.50. The highest BCUT2D eigenvalue weighted by Crippen LogP contribution is 2.17. The molecule has 0 saturated carbocycles. The van der Waals surface area contributed by atoms with E-state index in [1.807, 2.05) is 23.9 Å². The first-order chi connectivity index (χ1) is 8.66. The molecule has 2 aliphatic rings. The van der Waals surface area contributed by atoms with Crippen LogP contribution in [0.1, 0.15) is 20.3 Å². The minimum absolute atomic E-state index is 0. The third kappa shape index (κ3) is 4.75. The number of hydrogen-bond acceptors (Lipinski definition) is 4. The standard InChI is InChI=1S/C13H25N3O2.CH4/c1-14(2)11-13(17)16-5-3-12(4-6-16)15-7-9-18-10-8-15;/h12H,3-11H2,1-2H3;1H4. The minimum Gasteiger partial charge on any atom is -0.379 e. The molecule has 2 aliphatic heterocycles. The molecule has 0 spiro atoms.